The van der Waals surface area contributed by atoms with E-state index in [0.29, 0.717) is 6.42 Å². The molecule has 0 aromatic rings. The molecule has 0 atom stereocenters. The van der Waals surface area contributed by atoms with Gasteiger partial charge in [-0.05, 0) is 19.4 Å². The highest BCUT2D eigenvalue weighted by Gasteiger charge is 1.96. The van der Waals surface area contributed by atoms with Crippen molar-refractivity contribution in [2.75, 3.05) is 0 Å². The Bertz CT molecular complexity index is 192. The minimum absolute atomic E-state index is 0.0628. The van der Waals surface area contributed by atoms with Crippen LogP contribution in [-0.2, 0) is 4.79 Å². The number of rotatable bonds is 4. The van der Waals surface area contributed by atoms with Crippen LogP contribution in [0.3, 0.4) is 0 Å². The number of carbonyl (C=O) groups is 1. The first-order valence-electron chi connectivity index (χ1n) is 4.37. The molecule has 2 nitrogen and oxygen atoms in total. The van der Waals surface area contributed by atoms with Gasteiger partial charge in [-0.3, -0.25) is 4.79 Å². The lowest BCUT2D eigenvalue weighted by molar-refractivity contribution is -0.120. The van der Waals surface area contributed by atoms with Crippen LogP contribution in [0.1, 0.15) is 33.6 Å². The molecule has 0 aliphatic heterocycles. The fourth-order valence-electron chi connectivity index (χ4n) is 0.810. The van der Waals surface area contributed by atoms with E-state index in [-0.39, 0.29) is 5.91 Å². The van der Waals surface area contributed by atoms with Crippen LogP contribution in [-0.4, -0.2) is 5.91 Å². The molecule has 2 heteroatoms. The van der Waals surface area contributed by atoms with E-state index in [1.54, 1.807) is 0 Å². The third kappa shape index (κ3) is 4.72. The fourth-order valence-corrected chi connectivity index (χ4v) is 0.810. The monoisotopic (exact) mass is 167 g/mol. The second kappa shape index (κ2) is 6.65. The predicted octanol–water partition coefficient (Wildman–Crippen LogP) is 2.38. The number of carbonyl (C=O) groups excluding carboxylic acids is 1. The fraction of sp³-hybridized carbons (Fsp3) is 0.500. The van der Waals surface area contributed by atoms with Crippen LogP contribution in [0.5, 0.6) is 0 Å². The first-order chi connectivity index (χ1) is 5.74. The summed E-state index contributed by atoms with van der Waals surface area (Å²) >= 11 is 0. The van der Waals surface area contributed by atoms with Gasteiger partial charge in [-0.15, -0.1) is 0 Å². The molecule has 1 N–H and O–H groups in total. The van der Waals surface area contributed by atoms with Gasteiger partial charge >= 0.3 is 0 Å². The average Bonchev–Trinajstić information content (AvgIpc) is 2.05. The SMILES string of the molecule is C/C=C\C(=C/CC)NC(=O)CC. The summed E-state index contributed by atoms with van der Waals surface area (Å²) in [6.45, 7) is 5.82. The van der Waals surface area contributed by atoms with Crippen LogP contribution in [0.2, 0.25) is 0 Å². The van der Waals surface area contributed by atoms with Crippen molar-refractivity contribution >= 4 is 5.91 Å². The highest BCUT2D eigenvalue weighted by Crippen LogP contribution is 1.95. The highest BCUT2D eigenvalue weighted by molar-refractivity contribution is 5.77. The lowest BCUT2D eigenvalue weighted by atomic mass is 10.3. The maximum atomic E-state index is 11.0. The third-order valence-corrected chi connectivity index (χ3v) is 1.38. The molecule has 0 aromatic carbocycles. The maximum Gasteiger partial charge on any atom is 0.224 e. The summed E-state index contributed by atoms with van der Waals surface area (Å²) < 4.78 is 0. The third-order valence-electron chi connectivity index (χ3n) is 1.38. The quantitative estimate of drug-likeness (QED) is 0.640. The van der Waals surface area contributed by atoms with Crippen molar-refractivity contribution in [3.63, 3.8) is 0 Å². The molecule has 0 heterocycles. The zero-order valence-electron chi connectivity index (χ0n) is 8.05. The second-order valence-corrected chi connectivity index (χ2v) is 2.47. The Morgan fingerprint density at radius 3 is 2.50 bits per heavy atom. The standard InChI is InChI=1S/C10H17NO/c1-4-7-9(8-5-2)11-10(12)6-3/h4,7-8H,5-6H2,1-3H3,(H,11,12)/b7-4-,9-8+. The van der Waals surface area contributed by atoms with Crippen LogP contribution >= 0.6 is 0 Å². The van der Waals surface area contributed by atoms with Crippen molar-refractivity contribution in [2.24, 2.45) is 0 Å². The van der Waals surface area contributed by atoms with Gasteiger partial charge in [0.1, 0.15) is 0 Å². The van der Waals surface area contributed by atoms with Gasteiger partial charge in [-0.25, -0.2) is 0 Å². The number of hydrogen-bond acceptors (Lipinski definition) is 1. The smallest absolute Gasteiger partial charge is 0.224 e. The molecular weight excluding hydrogens is 150 g/mol. The summed E-state index contributed by atoms with van der Waals surface area (Å²) in [4.78, 5) is 11.0. The Labute approximate surface area is 74.4 Å². The number of allylic oxidation sites excluding steroid dienone is 3. The molecule has 0 bridgehead atoms. The van der Waals surface area contributed by atoms with Gasteiger partial charge in [-0.2, -0.15) is 0 Å². The summed E-state index contributed by atoms with van der Waals surface area (Å²) in [5.74, 6) is 0.0628. The lowest BCUT2D eigenvalue weighted by Crippen LogP contribution is -2.20. The van der Waals surface area contributed by atoms with Crippen molar-refractivity contribution in [2.45, 2.75) is 33.6 Å². The summed E-state index contributed by atoms with van der Waals surface area (Å²) in [6.07, 6.45) is 7.27. The van der Waals surface area contributed by atoms with Crippen LogP contribution in [0.25, 0.3) is 0 Å². The van der Waals surface area contributed by atoms with Crippen LogP contribution in [0.4, 0.5) is 0 Å². The molecule has 0 radical (unpaired) electrons. The predicted molar refractivity (Wildman–Crippen MR) is 51.6 cm³/mol. The van der Waals surface area contributed by atoms with Crippen LogP contribution in [0, 0.1) is 0 Å². The zero-order valence-corrected chi connectivity index (χ0v) is 8.05. The van der Waals surface area contributed by atoms with Crippen molar-refractivity contribution < 1.29 is 4.79 Å². The molecule has 0 saturated heterocycles. The minimum atomic E-state index is 0.0628. The van der Waals surface area contributed by atoms with Crippen molar-refractivity contribution in [1.82, 2.24) is 5.32 Å². The van der Waals surface area contributed by atoms with Crippen molar-refractivity contribution in [3.8, 4) is 0 Å². The number of nitrogens with one attached hydrogen (secondary N) is 1. The second-order valence-electron chi connectivity index (χ2n) is 2.47. The Morgan fingerprint density at radius 2 is 2.08 bits per heavy atom. The molecule has 0 unspecified atom stereocenters. The summed E-state index contributed by atoms with van der Waals surface area (Å²) in [5, 5.41) is 2.80. The number of hydrogen-bond donors (Lipinski definition) is 1. The van der Waals surface area contributed by atoms with Gasteiger partial charge in [0.05, 0.1) is 0 Å². The molecule has 0 spiro atoms. The molecule has 1 amide bonds. The molecule has 0 saturated carbocycles. The van der Waals surface area contributed by atoms with E-state index in [0.717, 1.165) is 12.1 Å². The Balaban J connectivity index is 4.14. The summed E-state index contributed by atoms with van der Waals surface area (Å²) in [5.41, 5.74) is 0.895. The average molecular weight is 167 g/mol. The maximum absolute atomic E-state index is 11.0. The molecule has 0 fully saturated rings. The minimum Gasteiger partial charge on any atom is -0.326 e. The first kappa shape index (κ1) is 11.0. The highest BCUT2D eigenvalue weighted by atomic mass is 16.1. The lowest BCUT2D eigenvalue weighted by Gasteiger charge is -2.03. The largest absolute Gasteiger partial charge is 0.326 e. The molecule has 12 heavy (non-hydrogen) atoms. The topological polar surface area (TPSA) is 29.1 Å². The Morgan fingerprint density at radius 1 is 1.42 bits per heavy atom. The normalized spacial score (nSPS) is 12.1. The summed E-state index contributed by atoms with van der Waals surface area (Å²) in [7, 11) is 0. The van der Waals surface area contributed by atoms with E-state index in [2.05, 4.69) is 5.32 Å². The molecule has 0 rings (SSSR count). The summed E-state index contributed by atoms with van der Waals surface area (Å²) in [6, 6.07) is 0. The van der Waals surface area contributed by atoms with E-state index < -0.39 is 0 Å². The van der Waals surface area contributed by atoms with Gasteiger partial charge in [0.2, 0.25) is 5.91 Å². The van der Waals surface area contributed by atoms with E-state index in [9.17, 15) is 4.79 Å². The van der Waals surface area contributed by atoms with Gasteiger partial charge in [0, 0.05) is 12.1 Å². The van der Waals surface area contributed by atoms with Crippen LogP contribution < -0.4 is 5.32 Å². The van der Waals surface area contributed by atoms with Crippen LogP contribution in [0.15, 0.2) is 23.9 Å². The van der Waals surface area contributed by atoms with E-state index >= 15 is 0 Å². The van der Waals surface area contributed by atoms with Gasteiger partial charge in [-0.1, -0.05) is 26.0 Å². The van der Waals surface area contributed by atoms with E-state index in [1.165, 1.54) is 0 Å². The molecule has 0 aliphatic carbocycles. The van der Waals surface area contributed by atoms with E-state index in [1.807, 2.05) is 39.0 Å². The molecule has 68 valence electrons. The molecule has 0 aliphatic rings. The molecular formula is C10H17NO. The number of amides is 1. The molecule has 0 aromatic heterocycles. The van der Waals surface area contributed by atoms with Gasteiger partial charge in [0.25, 0.3) is 0 Å². The zero-order chi connectivity index (χ0) is 9.40. The van der Waals surface area contributed by atoms with Crippen molar-refractivity contribution in [1.29, 1.82) is 0 Å². The first-order valence-corrected chi connectivity index (χ1v) is 4.37. The van der Waals surface area contributed by atoms with Gasteiger partial charge in [0.15, 0.2) is 0 Å². The Kier molecular flexibility index (Phi) is 6.07. The van der Waals surface area contributed by atoms with E-state index in [4.69, 9.17) is 0 Å². The van der Waals surface area contributed by atoms with Gasteiger partial charge < -0.3 is 5.32 Å². The van der Waals surface area contributed by atoms with Crippen molar-refractivity contribution in [3.05, 3.63) is 23.9 Å². The Hall–Kier alpha value is -1.05.